The van der Waals surface area contributed by atoms with Crippen molar-refractivity contribution in [3.63, 3.8) is 0 Å². The number of ether oxygens (including phenoxy) is 2. The molecule has 0 saturated heterocycles. The normalized spacial score (nSPS) is 13.2. The quantitative estimate of drug-likeness (QED) is 0.870. The minimum absolute atomic E-state index is 0.257. The first-order chi connectivity index (χ1) is 8.33. The monoisotopic (exact) mass is 252 g/mol. The van der Waals surface area contributed by atoms with Crippen LogP contribution >= 0.6 is 0 Å². The van der Waals surface area contributed by atoms with Crippen LogP contribution < -0.4 is 9.47 Å². The summed E-state index contributed by atoms with van der Waals surface area (Å²) in [5, 5.41) is 9.52. The van der Waals surface area contributed by atoms with Crippen molar-refractivity contribution in [3.05, 3.63) is 23.8 Å². The molecule has 1 atom stereocenters. The molecule has 0 aromatic heterocycles. The highest BCUT2D eigenvalue weighted by Gasteiger charge is 2.12. The third-order valence-corrected chi connectivity index (χ3v) is 2.78. The number of hydrogen-bond acceptors (Lipinski definition) is 3. The van der Waals surface area contributed by atoms with Gasteiger partial charge in [-0.05, 0) is 36.5 Å². The Kier molecular flexibility index (Phi) is 5.03. The molecule has 0 aliphatic carbocycles. The summed E-state index contributed by atoms with van der Waals surface area (Å²) in [6, 6.07) is 5.53. The van der Waals surface area contributed by atoms with Gasteiger partial charge in [0.05, 0.1) is 19.8 Å². The maximum absolute atomic E-state index is 9.52. The van der Waals surface area contributed by atoms with Crippen LogP contribution in [-0.2, 0) is 0 Å². The largest absolute Gasteiger partial charge is 0.493 e. The molecule has 102 valence electrons. The average Bonchev–Trinajstić information content (AvgIpc) is 2.27. The van der Waals surface area contributed by atoms with Crippen molar-refractivity contribution < 1.29 is 14.6 Å². The highest BCUT2D eigenvalue weighted by atomic mass is 16.5. The fourth-order valence-corrected chi connectivity index (χ4v) is 1.53. The van der Waals surface area contributed by atoms with E-state index in [4.69, 9.17) is 9.47 Å². The number of rotatable bonds is 5. The van der Waals surface area contributed by atoms with Crippen LogP contribution in [-0.4, -0.2) is 18.8 Å². The van der Waals surface area contributed by atoms with E-state index in [0.717, 1.165) is 17.7 Å². The van der Waals surface area contributed by atoms with Gasteiger partial charge < -0.3 is 14.6 Å². The van der Waals surface area contributed by atoms with Crippen molar-refractivity contribution in [3.8, 4) is 11.5 Å². The zero-order chi connectivity index (χ0) is 13.8. The molecule has 0 aliphatic heterocycles. The Balaban J connectivity index is 2.71. The van der Waals surface area contributed by atoms with Crippen molar-refractivity contribution in [1.82, 2.24) is 0 Å². The predicted octanol–water partition coefficient (Wildman–Crippen LogP) is 3.56. The van der Waals surface area contributed by atoms with Gasteiger partial charge in [-0.2, -0.15) is 0 Å². The lowest BCUT2D eigenvalue weighted by Gasteiger charge is -2.19. The van der Waals surface area contributed by atoms with Crippen molar-refractivity contribution in [1.29, 1.82) is 0 Å². The van der Waals surface area contributed by atoms with E-state index in [1.54, 1.807) is 14.0 Å². The van der Waals surface area contributed by atoms with Crippen LogP contribution in [0.4, 0.5) is 0 Å². The summed E-state index contributed by atoms with van der Waals surface area (Å²) < 4.78 is 11.0. The summed E-state index contributed by atoms with van der Waals surface area (Å²) in [4.78, 5) is 0. The molecule has 18 heavy (non-hydrogen) atoms. The van der Waals surface area contributed by atoms with E-state index < -0.39 is 6.10 Å². The molecule has 0 saturated carbocycles. The molecule has 1 aromatic carbocycles. The summed E-state index contributed by atoms with van der Waals surface area (Å²) in [5.74, 6) is 1.40. The molecule has 0 heterocycles. The number of methoxy groups -OCH3 is 1. The summed E-state index contributed by atoms with van der Waals surface area (Å²) in [6.45, 7) is 8.95. The number of benzene rings is 1. The van der Waals surface area contributed by atoms with Gasteiger partial charge in [0.15, 0.2) is 11.5 Å². The molecule has 0 fully saturated rings. The lowest BCUT2D eigenvalue weighted by atomic mass is 9.93. The molecule has 0 radical (unpaired) electrons. The molecule has 1 rings (SSSR count). The average molecular weight is 252 g/mol. The minimum atomic E-state index is -0.498. The van der Waals surface area contributed by atoms with Gasteiger partial charge in [-0.3, -0.25) is 0 Å². The Labute approximate surface area is 110 Å². The summed E-state index contributed by atoms with van der Waals surface area (Å²) >= 11 is 0. The zero-order valence-corrected chi connectivity index (χ0v) is 12.0. The number of aliphatic hydroxyl groups is 1. The first kappa shape index (κ1) is 14.8. The zero-order valence-electron chi connectivity index (χ0n) is 12.0. The fourth-order valence-electron chi connectivity index (χ4n) is 1.53. The van der Waals surface area contributed by atoms with Crippen LogP contribution in [0.3, 0.4) is 0 Å². The molecule has 0 amide bonds. The fraction of sp³-hybridized carbons (Fsp3) is 0.600. The van der Waals surface area contributed by atoms with Crippen LogP contribution in [0, 0.1) is 5.41 Å². The van der Waals surface area contributed by atoms with Gasteiger partial charge in [-0.25, -0.2) is 0 Å². The lowest BCUT2D eigenvalue weighted by molar-refractivity contribution is 0.198. The minimum Gasteiger partial charge on any atom is -0.493 e. The van der Waals surface area contributed by atoms with E-state index >= 15 is 0 Å². The summed E-state index contributed by atoms with van der Waals surface area (Å²) in [7, 11) is 1.61. The van der Waals surface area contributed by atoms with E-state index in [9.17, 15) is 5.11 Å². The second kappa shape index (κ2) is 6.10. The second-order valence-corrected chi connectivity index (χ2v) is 5.75. The van der Waals surface area contributed by atoms with E-state index in [2.05, 4.69) is 20.8 Å². The van der Waals surface area contributed by atoms with Crippen LogP contribution in [0.2, 0.25) is 0 Å². The second-order valence-electron chi connectivity index (χ2n) is 5.75. The maximum atomic E-state index is 9.52. The van der Waals surface area contributed by atoms with Crippen molar-refractivity contribution in [2.45, 2.75) is 40.2 Å². The van der Waals surface area contributed by atoms with E-state index in [1.807, 2.05) is 18.2 Å². The van der Waals surface area contributed by atoms with E-state index in [0.29, 0.717) is 12.4 Å². The highest BCUT2D eigenvalue weighted by molar-refractivity contribution is 5.43. The molecule has 0 unspecified atom stereocenters. The Morgan fingerprint density at radius 3 is 2.39 bits per heavy atom. The predicted molar refractivity (Wildman–Crippen MR) is 73.2 cm³/mol. The Morgan fingerprint density at radius 2 is 1.89 bits per heavy atom. The van der Waals surface area contributed by atoms with Crippen molar-refractivity contribution in [2.24, 2.45) is 5.41 Å². The first-order valence-electron chi connectivity index (χ1n) is 6.32. The summed E-state index contributed by atoms with van der Waals surface area (Å²) in [5.41, 5.74) is 1.09. The van der Waals surface area contributed by atoms with Crippen LogP contribution in [0.1, 0.15) is 45.8 Å². The number of hydrogen-bond donors (Lipinski definition) is 1. The molecule has 1 aromatic rings. The van der Waals surface area contributed by atoms with Gasteiger partial charge in [0.2, 0.25) is 0 Å². The molecular formula is C15H24O3. The standard InChI is InChI=1S/C15H24O3/c1-11(16)12-6-7-13(14(10-12)17-5)18-9-8-15(2,3)4/h6-7,10-11,16H,8-9H2,1-5H3/t11-/m1/s1. The SMILES string of the molecule is COc1cc([C@@H](C)O)ccc1OCCC(C)(C)C. The van der Waals surface area contributed by atoms with Gasteiger partial charge in [-0.15, -0.1) is 0 Å². The summed E-state index contributed by atoms with van der Waals surface area (Å²) in [6.07, 6.45) is 0.483. The smallest absolute Gasteiger partial charge is 0.161 e. The van der Waals surface area contributed by atoms with E-state index in [-0.39, 0.29) is 5.41 Å². The van der Waals surface area contributed by atoms with Gasteiger partial charge >= 0.3 is 0 Å². The maximum Gasteiger partial charge on any atom is 0.161 e. The topological polar surface area (TPSA) is 38.7 Å². The molecule has 1 N–H and O–H groups in total. The first-order valence-corrected chi connectivity index (χ1v) is 6.32. The molecule has 0 spiro atoms. The third kappa shape index (κ3) is 4.57. The van der Waals surface area contributed by atoms with Crippen LogP contribution in [0.5, 0.6) is 11.5 Å². The van der Waals surface area contributed by atoms with Crippen molar-refractivity contribution >= 4 is 0 Å². The molecule has 0 bridgehead atoms. The molecule has 3 heteroatoms. The Morgan fingerprint density at radius 1 is 1.22 bits per heavy atom. The van der Waals surface area contributed by atoms with Crippen molar-refractivity contribution in [2.75, 3.05) is 13.7 Å². The van der Waals surface area contributed by atoms with Gasteiger partial charge in [0.25, 0.3) is 0 Å². The Hall–Kier alpha value is -1.22. The molecule has 3 nitrogen and oxygen atoms in total. The lowest BCUT2D eigenvalue weighted by Crippen LogP contribution is -2.11. The highest BCUT2D eigenvalue weighted by Crippen LogP contribution is 2.31. The van der Waals surface area contributed by atoms with Gasteiger partial charge in [0, 0.05) is 0 Å². The van der Waals surface area contributed by atoms with Gasteiger partial charge in [-0.1, -0.05) is 26.8 Å². The van der Waals surface area contributed by atoms with Crippen LogP contribution in [0.15, 0.2) is 18.2 Å². The third-order valence-electron chi connectivity index (χ3n) is 2.78. The molecular weight excluding hydrogens is 228 g/mol. The van der Waals surface area contributed by atoms with Gasteiger partial charge in [0.1, 0.15) is 0 Å². The molecule has 0 aliphatic rings. The van der Waals surface area contributed by atoms with E-state index in [1.165, 1.54) is 0 Å². The Bertz CT molecular complexity index is 378. The van der Waals surface area contributed by atoms with Crippen LogP contribution in [0.25, 0.3) is 0 Å². The number of aliphatic hydroxyl groups excluding tert-OH is 1.